The van der Waals surface area contributed by atoms with Crippen LogP contribution in [0.25, 0.3) is 11.1 Å². The van der Waals surface area contributed by atoms with Crippen LogP contribution in [-0.4, -0.2) is 4.98 Å². The predicted molar refractivity (Wildman–Crippen MR) is 126 cm³/mol. The number of unbranched alkanes of at least 4 members (excludes halogenated alkanes) is 5. The van der Waals surface area contributed by atoms with E-state index < -0.39 is 0 Å². The molecule has 1 aromatic heterocycles. The standard InChI is InChI=1S/C28H41N/c1-3-5-7-9-11-24-14-18-26(19-15-24)28-21-20-27(22-29-28)25-16-12-23(13-17-25)10-8-6-4-2/h12-13,16-17,20-22,24,26H,3-11,14-15,18-19H2,1-2H3. The van der Waals surface area contributed by atoms with Gasteiger partial charge in [-0.25, -0.2) is 0 Å². The number of aryl methyl sites for hydroxylation is 1. The summed E-state index contributed by atoms with van der Waals surface area (Å²) < 4.78 is 0. The van der Waals surface area contributed by atoms with Crippen LogP contribution in [0.5, 0.6) is 0 Å². The summed E-state index contributed by atoms with van der Waals surface area (Å²) in [5, 5.41) is 0. The second-order valence-corrected chi connectivity index (χ2v) is 9.19. The van der Waals surface area contributed by atoms with Crippen molar-refractivity contribution < 1.29 is 0 Å². The highest BCUT2D eigenvalue weighted by atomic mass is 14.7. The van der Waals surface area contributed by atoms with Gasteiger partial charge in [-0.05, 0) is 61.6 Å². The van der Waals surface area contributed by atoms with E-state index in [9.17, 15) is 0 Å². The fourth-order valence-electron chi connectivity index (χ4n) is 4.87. The van der Waals surface area contributed by atoms with Gasteiger partial charge in [0.2, 0.25) is 0 Å². The van der Waals surface area contributed by atoms with E-state index in [1.165, 1.54) is 106 Å². The maximum Gasteiger partial charge on any atom is 0.0434 e. The first-order valence-corrected chi connectivity index (χ1v) is 12.4. The molecule has 0 aliphatic heterocycles. The Bertz CT molecular complexity index is 677. The fourth-order valence-corrected chi connectivity index (χ4v) is 4.87. The highest BCUT2D eigenvalue weighted by molar-refractivity contribution is 5.62. The van der Waals surface area contributed by atoms with Crippen LogP contribution in [0.15, 0.2) is 42.6 Å². The lowest BCUT2D eigenvalue weighted by atomic mass is 9.78. The van der Waals surface area contributed by atoms with Crippen molar-refractivity contribution in [3.05, 3.63) is 53.9 Å². The molecular weight excluding hydrogens is 350 g/mol. The van der Waals surface area contributed by atoms with E-state index in [1.54, 1.807) is 0 Å². The van der Waals surface area contributed by atoms with E-state index >= 15 is 0 Å². The molecule has 158 valence electrons. The van der Waals surface area contributed by atoms with Crippen molar-refractivity contribution in [2.45, 2.75) is 103 Å². The molecule has 1 saturated carbocycles. The van der Waals surface area contributed by atoms with E-state index in [0.29, 0.717) is 5.92 Å². The number of hydrogen-bond donors (Lipinski definition) is 0. The zero-order valence-electron chi connectivity index (χ0n) is 18.8. The monoisotopic (exact) mass is 391 g/mol. The van der Waals surface area contributed by atoms with E-state index in [0.717, 1.165) is 5.92 Å². The topological polar surface area (TPSA) is 12.9 Å². The third-order valence-corrected chi connectivity index (χ3v) is 6.87. The smallest absolute Gasteiger partial charge is 0.0434 e. The lowest BCUT2D eigenvalue weighted by molar-refractivity contribution is 0.299. The lowest BCUT2D eigenvalue weighted by Gasteiger charge is -2.28. The number of benzene rings is 1. The van der Waals surface area contributed by atoms with Crippen LogP contribution in [0, 0.1) is 5.92 Å². The predicted octanol–water partition coefficient (Wildman–Crippen LogP) is 8.73. The Kier molecular flexibility index (Phi) is 9.25. The van der Waals surface area contributed by atoms with Crippen molar-refractivity contribution in [2.24, 2.45) is 5.92 Å². The summed E-state index contributed by atoms with van der Waals surface area (Å²) in [5.74, 6) is 1.65. The Labute approximate surface area is 179 Å². The lowest BCUT2D eigenvalue weighted by Crippen LogP contribution is -2.14. The van der Waals surface area contributed by atoms with E-state index in [1.807, 2.05) is 0 Å². The van der Waals surface area contributed by atoms with Crippen LogP contribution in [0.3, 0.4) is 0 Å². The molecule has 0 N–H and O–H groups in total. The van der Waals surface area contributed by atoms with Crippen LogP contribution in [0.1, 0.15) is 108 Å². The maximum absolute atomic E-state index is 4.87. The highest BCUT2D eigenvalue weighted by Crippen LogP contribution is 2.37. The molecule has 2 aromatic rings. The van der Waals surface area contributed by atoms with Crippen molar-refractivity contribution in [1.82, 2.24) is 4.98 Å². The summed E-state index contributed by atoms with van der Waals surface area (Å²) >= 11 is 0. The first-order chi connectivity index (χ1) is 14.3. The average Bonchev–Trinajstić information content (AvgIpc) is 2.78. The molecule has 1 aliphatic carbocycles. The van der Waals surface area contributed by atoms with Gasteiger partial charge in [0.25, 0.3) is 0 Å². The summed E-state index contributed by atoms with van der Waals surface area (Å²) in [5.41, 5.74) is 5.31. The second kappa shape index (κ2) is 12.2. The molecule has 0 saturated heterocycles. The first kappa shape index (κ1) is 22.1. The Hall–Kier alpha value is -1.63. The molecule has 0 atom stereocenters. The van der Waals surface area contributed by atoms with Gasteiger partial charge in [-0.2, -0.15) is 0 Å². The summed E-state index contributed by atoms with van der Waals surface area (Å²) in [6, 6.07) is 13.7. The third kappa shape index (κ3) is 6.98. The molecule has 1 heterocycles. The van der Waals surface area contributed by atoms with E-state index in [-0.39, 0.29) is 0 Å². The number of pyridine rings is 1. The normalized spacial score (nSPS) is 19.4. The number of hydrogen-bond acceptors (Lipinski definition) is 1. The Morgan fingerprint density at radius 3 is 2.07 bits per heavy atom. The second-order valence-electron chi connectivity index (χ2n) is 9.19. The third-order valence-electron chi connectivity index (χ3n) is 6.87. The van der Waals surface area contributed by atoms with Crippen LogP contribution < -0.4 is 0 Å². The molecule has 3 rings (SSSR count). The van der Waals surface area contributed by atoms with Gasteiger partial charge in [0.15, 0.2) is 0 Å². The van der Waals surface area contributed by atoms with Gasteiger partial charge in [-0.3, -0.25) is 4.98 Å². The highest BCUT2D eigenvalue weighted by Gasteiger charge is 2.22. The fraction of sp³-hybridized carbons (Fsp3) is 0.607. The molecule has 0 unspecified atom stereocenters. The minimum atomic E-state index is 0.678. The van der Waals surface area contributed by atoms with Gasteiger partial charge < -0.3 is 0 Å². The van der Waals surface area contributed by atoms with E-state index in [2.05, 4.69) is 56.4 Å². The van der Waals surface area contributed by atoms with Crippen LogP contribution in [0.4, 0.5) is 0 Å². The Morgan fingerprint density at radius 1 is 0.724 bits per heavy atom. The maximum atomic E-state index is 4.87. The van der Waals surface area contributed by atoms with E-state index in [4.69, 9.17) is 4.98 Å². The molecule has 1 fully saturated rings. The van der Waals surface area contributed by atoms with Gasteiger partial charge in [0, 0.05) is 23.4 Å². The molecule has 0 spiro atoms. The summed E-state index contributed by atoms with van der Waals surface area (Å²) in [6.07, 6.45) is 19.8. The van der Waals surface area contributed by atoms with Crippen molar-refractivity contribution in [3.8, 4) is 11.1 Å². The van der Waals surface area contributed by atoms with Gasteiger partial charge in [-0.1, -0.05) is 89.1 Å². The molecule has 0 bridgehead atoms. The minimum absolute atomic E-state index is 0.678. The van der Waals surface area contributed by atoms with Crippen molar-refractivity contribution in [3.63, 3.8) is 0 Å². The van der Waals surface area contributed by atoms with Crippen LogP contribution in [-0.2, 0) is 6.42 Å². The quantitative estimate of drug-likeness (QED) is 0.349. The zero-order chi connectivity index (χ0) is 20.3. The number of nitrogens with zero attached hydrogens (tertiary/aromatic N) is 1. The molecule has 1 aromatic carbocycles. The Balaban J connectivity index is 1.48. The molecule has 29 heavy (non-hydrogen) atoms. The molecular formula is C28H41N. The van der Waals surface area contributed by atoms with Gasteiger partial charge in [-0.15, -0.1) is 0 Å². The largest absolute Gasteiger partial charge is 0.260 e. The molecule has 1 aliphatic rings. The minimum Gasteiger partial charge on any atom is -0.260 e. The zero-order valence-corrected chi connectivity index (χ0v) is 18.8. The van der Waals surface area contributed by atoms with Crippen LogP contribution >= 0.6 is 0 Å². The first-order valence-electron chi connectivity index (χ1n) is 12.4. The van der Waals surface area contributed by atoms with Crippen molar-refractivity contribution >= 4 is 0 Å². The van der Waals surface area contributed by atoms with Gasteiger partial charge >= 0.3 is 0 Å². The van der Waals surface area contributed by atoms with Crippen LogP contribution in [0.2, 0.25) is 0 Å². The van der Waals surface area contributed by atoms with Crippen molar-refractivity contribution in [1.29, 1.82) is 0 Å². The SMILES string of the molecule is CCCCCCC1CCC(c2ccc(-c3ccc(CCCCC)cc3)cn2)CC1. The summed E-state index contributed by atoms with van der Waals surface area (Å²) in [4.78, 5) is 4.87. The number of rotatable bonds is 11. The average molecular weight is 392 g/mol. The van der Waals surface area contributed by atoms with Gasteiger partial charge in [0.1, 0.15) is 0 Å². The molecule has 0 radical (unpaired) electrons. The van der Waals surface area contributed by atoms with Gasteiger partial charge in [0.05, 0.1) is 0 Å². The number of aromatic nitrogens is 1. The molecule has 0 amide bonds. The van der Waals surface area contributed by atoms with Crippen molar-refractivity contribution in [2.75, 3.05) is 0 Å². The summed E-state index contributed by atoms with van der Waals surface area (Å²) in [6.45, 7) is 4.56. The Morgan fingerprint density at radius 2 is 1.41 bits per heavy atom. The molecule has 1 heteroatoms. The summed E-state index contributed by atoms with van der Waals surface area (Å²) in [7, 11) is 0. The molecule has 1 nitrogen and oxygen atoms in total.